The molecule has 0 bridgehead atoms. The molecule has 0 aromatic carbocycles. The molecule has 0 amide bonds. The molecule has 0 aliphatic carbocycles. The lowest BCUT2D eigenvalue weighted by Crippen LogP contribution is -2.42. The lowest BCUT2D eigenvalue weighted by Gasteiger charge is -2.32. The van der Waals surface area contributed by atoms with Crippen molar-refractivity contribution in [2.75, 3.05) is 33.4 Å². The summed E-state index contributed by atoms with van der Waals surface area (Å²) in [5.41, 5.74) is 1.14. The maximum atomic E-state index is 5.73. The van der Waals surface area contributed by atoms with Gasteiger partial charge in [-0.05, 0) is 19.4 Å². The van der Waals surface area contributed by atoms with E-state index in [1.807, 2.05) is 10.9 Å². The van der Waals surface area contributed by atoms with Gasteiger partial charge in [-0.15, -0.1) is 0 Å². The highest BCUT2D eigenvalue weighted by Gasteiger charge is 2.20. The second-order valence-electron chi connectivity index (χ2n) is 4.67. The van der Waals surface area contributed by atoms with Crippen molar-refractivity contribution in [2.24, 2.45) is 0 Å². The van der Waals surface area contributed by atoms with Crippen molar-refractivity contribution in [1.29, 1.82) is 0 Å². The Morgan fingerprint density at radius 1 is 1.56 bits per heavy atom. The van der Waals surface area contributed by atoms with Crippen molar-refractivity contribution in [2.45, 2.75) is 32.5 Å². The average molecular weight is 253 g/mol. The van der Waals surface area contributed by atoms with Crippen molar-refractivity contribution in [3.63, 3.8) is 0 Å². The lowest BCUT2D eigenvalue weighted by molar-refractivity contribution is -0.0435. The summed E-state index contributed by atoms with van der Waals surface area (Å²) in [6.07, 6.45) is 3.31. The van der Waals surface area contributed by atoms with E-state index in [0.29, 0.717) is 6.10 Å². The number of morpholine rings is 1. The second kappa shape index (κ2) is 6.87. The molecule has 0 unspecified atom stereocenters. The SMILES string of the molecule is CCn1ccc(CN2CCO[C@@H](CCOC)C2)n1. The van der Waals surface area contributed by atoms with Crippen LogP contribution in [0.2, 0.25) is 0 Å². The largest absolute Gasteiger partial charge is 0.385 e. The highest BCUT2D eigenvalue weighted by Crippen LogP contribution is 2.11. The van der Waals surface area contributed by atoms with E-state index in [9.17, 15) is 0 Å². The molecule has 0 spiro atoms. The summed E-state index contributed by atoms with van der Waals surface area (Å²) in [6.45, 7) is 7.49. The molecule has 18 heavy (non-hydrogen) atoms. The Balaban J connectivity index is 1.81. The summed E-state index contributed by atoms with van der Waals surface area (Å²) in [5.74, 6) is 0. The molecule has 1 saturated heterocycles. The minimum absolute atomic E-state index is 0.298. The van der Waals surface area contributed by atoms with E-state index in [1.54, 1.807) is 7.11 Å². The van der Waals surface area contributed by atoms with E-state index in [0.717, 1.165) is 51.5 Å². The Morgan fingerprint density at radius 3 is 3.17 bits per heavy atom. The summed E-state index contributed by atoms with van der Waals surface area (Å²) in [6, 6.07) is 2.10. The van der Waals surface area contributed by atoms with Gasteiger partial charge in [-0.3, -0.25) is 9.58 Å². The molecule has 1 aliphatic rings. The van der Waals surface area contributed by atoms with Crippen molar-refractivity contribution in [1.82, 2.24) is 14.7 Å². The molecule has 0 saturated carbocycles. The number of aromatic nitrogens is 2. The van der Waals surface area contributed by atoms with Gasteiger partial charge in [-0.2, -0.15) is 5.10 Å². The summed E-state index contributed by atoms with van der Waals surface area (Å²) in [7, 11) is 1.73. The molecule has 1 atom stereocenters. The standard InChI is InChI=1S/C13H23N3O2/c1-3-16-6-4-12(14-16)10-15-7-9-18-13(11-15)5-8-17-2/h4,6,13H,3,5,7-11H2,1-2H3/t13-/m0/s1. The third kappa shape index (κ3) is 3.80. The molecule has 0 radical (unpaired) electrons. The quantitative estimate of drug-likeness (QED) is 0.762. The van der Waals surface area contributed by atoms with Crippen LogP contribution in [0.15, 0.2) is 12.3 Å². The first-order valence-corrected chi connectivity index (χ1v) is 6.67. The summed E-state index contributed by atoms with van der Waals surface area (Å²) >= 11 is 0. The molecule has 5 nitrogen and oxygen atoms in total. The van der Waals surface area contributed by atoms with E-state index >= 15 is 0 Å². The van der Waals surface area contributed by atoms with Gasteiger partial charge in [0.25, 0.3) is 0 Å². The van der Waals surface area contributed by atoms with Gasteiger partial charge >= 0.3 is 0 Å². The normalized spacial score (nSPS) is 21.3. The lowest BCUT2D eigenvalue weighted by atomic mass is 10.2. The maximum absolute atomic E-state index is 5.73. The number of hydrogen-bond acceptors (Lipinski definition) is 4. The molecule has 1 aliphatic heterocycles. The van der Waals surface area contributed by atoms with Gasteiger partial charge < -0.3 is 9.47 Å². The van der Waals surface area contributed by atoms with Gasteiger partial charge in [0.05, 0.1) is 18.4 Å². The molecular formula is C13H23N3O2. The van der Waals surface area contributed by atoms with Crippen LogP contribution in [0.4, 0.5) is 0 Å². The highest BCUT2D eigenvalue weighted by atomic mass is 16.5. The zero-order valence-electron chi connectivity index (χ0n) is 11.3. The average Bonchev–Trinajstić information content (AvgIpc) is 2.84. The zero-order chi connectivity index (χ0) is 12.8. The van der Waals surface area contributed by atoms with Crippen LogP contribution in [0.1, 0.15) is 19.0 Å². The molecule has 0 N–H and O–H groups in total. The van der Waals surface area contributed by atoms with Gasteiger partial charge in [0, 0.05) is 46.1 Å². The van der Waals surface area contributed by atoms with Crippen LogP contribution in [0, 0.1) is 0 Å². The van der Waals surface area contributed by atoms with Crippen LogP contribution in [-0.2, 0) is 22.6 Å². The number of methoxy groups -OCH3 is 1. The van der Waals surface area contributed by atoms with Crippen LogP contribution in [-0.4, -0.2) is 54.2 Å². The molecule has 2 heterocycles. The maximum Gasteiger partial charge on any atom is 0.0764 e. The fraction of sp³-hybridized carbons (Fsp3) is 0.769. The number of nitrogens with zero attached hydrogens (tertiary/aromatic N) is 3. The van der Waals surface area contributed by atoms with Gasteiger partial charge in [0.1, 0.15) is 0 Å². The zero-order valence-corrected chi connectivity index (χ0v) is 11.3. The first-order chi connectivity index (χ1) is 8.81. The first kappa shape index (κ1) is 13.5. The van der Waals surface area contributed by atoms with Crippen molar-refractivity contribution in [3.8, 4) is 0 Å². The van der Waals surface area contributed by atoms with Gasteiger partial charge in [0.15, 0.2) is 0 Å². The Morgan fingerprint density at radius 2 is 2.44 bits per heavy atom. The number of hydrogen-bond donors (Lipinski definition) is 0. The summed E-state index contributed by atoms with van der Waals surface area (Å²) < 4.78 is 12.8. The minimum Gasteiger partial charge on any atom is -0.385 e. The van der Waals surface area contributed by atoms with Crippen molar-refractivity contribution in [3.05, 3.63) is 18.0 Å². The third-order valence-electron chi connectivity index (χ3n) is 3.27. The van der Waals surface area contributed by atoms with Crippen LogP contribution >= 0.6 is 0 Å². The molecule has 1 aromatic rings. The molecule has 1 fully saturated rings. The minimum atomic E-state index is 0.298. The van der Waals surface area contributed by atoms with Gasteiger partial charge in [-0.1, -0.05) is 0 Å². The Hall–Kier alpha value is -0.910. The fourth-order valence-corrected chi connectivity index (χ4v) is 2.24. The Kier molecular flexibility index (Phi) is 5.16. The number of rotatable bonds is 6. The predicted octanol–water partition coefficient (Wildman–Crippen LogP) is 1.14. The third-order valence-corrected chi connectivity index (χ3v) is 3.27. The van der Waals surface area contributed by atoms with Crippen molar-refractivity contribution >= 4 is 0 Å². The Labute approximate surface area is 109 Å². The van der Waals surface area contributed by atoms with E-state index in [-0.39, 0.29) is 0 Å². The molecule has 102 valence electrons. The number of ether oxygens (including phenoxy) is 2. The van der Waals surface area contributed by atoms with Gasteiger partial charge in [-0.25, -0.2) is 0 Å². The van der Waals surface area contributed by atoms with E-state index in [1.165, 1.54) is 0 Å². The molecule has 1 aromatic heterocycles. The van der Waals surface area contributed by atoms with Crippen LogP contribution < -0.4 is 0 Å². The van der Waals surface area contributed by atoms with Gasteiger partial charge in [0.2, 0.25) is 0 Å². The topological polar surface area (TPSA) is 39.5 Å². The predicted molar refractivity (Wildman–Crippen MR) is 69.4 cm³/mol. The highest BCUT2D eigenvalue weighted by molar-refractivity contribution is 4.99. The molecule has 2 rings (SSSR count). The van der Waals surface area contributed by atoms with Crippen molar-refractivity contribution < 1.29 is 9.47 Å². The van der Waals surface area contributed by atoms with E-state index < -0.39 is 0 Å². The van der Waals surface area contributed by atoms with E-state index in [2.05, 4.69) is 23.0 Å². The monoisotopic (exact) mass is 253 g/mol. The Bertz CT molecular complexity index is 354. The van der Waals surface area contributed by atoms with E-state index in [4.69, 9.17) is 9.47 Å². The second-order valence-corrected chi connectivity index (χ2v) is 4.67. The number of aryl methyl sites for hydroxylation is 1. The fourth-order valence-electron chi connectivity index (χ4n) is 2.24. The van der Waals surface area contributed by atoms with Crippen LogP contribution in [0.5, 0.6) is 0 Å². The first-order valence-electron chi connectivity index (χ1n) is 6.67. The summed E-state index contributed by atoms with van der Waals surface area (Å²) in [4.78, 5) is 2.41. The summed E-state index contributed by atoms with van der Waals surface area (Å²) in [5, 5.41) is 4.52. The van der Waals surface area contributed by atoms with Crippen LogP contribution in [0.25, 0.3) is 0 Å². The smallest absolute Gasteiger partial charge is 0.0764 e. The molecular weight excluding hydrogens is 230 g/mol. The van der Waals surface area contributed by atoms with Crippen LogP contribution in [0.3, 0.4) is 0 Å². The molecule has 5 heteroatoms.